The minimum Gasteiger partial charge on any atom is -0.319 e. The third-order valence-electron chi connectivity index (χ3n) is 3.60. The van der Waals surface area contributed by atoms with Crippen LogP contribution < -0.4 is 5.73 Å². The first-order valence-corrected chi connectivity index (χ1v) is 6.41. The van der Waals surface area contributed by atoms with E-state index in [2.05, 4.69) is 36.3 Å². The Hall–Kier alpha value is -2.13. The summed E-state index contributed by atoms with van der Waals surface area (Å²) in [6.07, 6.45) is 0. The molecule has 0 aliphatic heterocycles. The van der Waals surface area contributed by atoms with Crippen LogP contribution in [0.25, 0.3) is 10.9 Å². The summed E-state index contributed by atoms with van der Waals surface area (Å²) in [7, 11) is 1.95. The number of para-hydroxylation sites is 1. The van der Waals surface area contributed by atoms with Gasteiger partial charge in [-0.2, -0.15) is 5.10 Å². The molecule has 2 N–H and O–H groups in total. The average molecular weight is 251 g/mol. The zero-order valence-electron chi connectivity index (χ0n) is 11.2. The average Bonchev–Trinajstić information content (AvgIpc) is 2.77. The van der Waals surface area contributed by atoms with Gasteiger partial charge in [0.15, 0.2) is 0 Å². The van der Waals surface area contributed by atoms with Gasteiger partial charge in [-0.3, -0.25) is 4.68 Å². The molecule has 1 unspecified atom stereocenters. The van der Waals surface area contributed by atoms with Crippen molar-refractivity contribution >= 4 is 10.9 Å². The molecule has 0 aliphatic rings. The van der Waals surface area contributed by atoms with Crippen LogP contribution in [0.4, 0.5) is 0 Å². The molecule has 0 bridgehead atoms. The van der Waals surface area contributed by atoms with Crippen molar-refractivity contribution in [3.63, 3.8) is 0 Å². The van der Waals surface area contributed by atoms with Gasteiger partial charge in [0, 0.05) is 12.4 Å². The Morgan fingerprint density at radius 1 is 1.05 bits per heavy atom. The molecule has 3 heteroatoms. The van der Waals surface area contributed by atoms with Gasteiger partial charge in [0.25, 0.3) is 0 Å². The van der Waals surface area contributed by atoms with Gasteiger partial charge in [0.1, 0.15) is 0 Å². The highest BCUT2D eigenvalue weighted by atomic mass is 15.3. The fraction of sp³-hybridized carbons (Fsp3) is 0.188. The fourth-order valence-corrected chi connectivity index (χ4v) is 2.55. The Morgan fingerprint density at radius 2 is 1.74 bits per heavy atom. The van der Waals surface area contributed by atoms with Crippen molar-refractivity contribution in [2.45, 2.75) is 13.0 Å². The molecule has 0 fully saturated rings. The van der Waals surface area contributed by atoms with Gasteiger partial charge < -0.3 is 5.73 Å². The summed E-state index contributed by atoms with van der Waals surface area (Å²) in [6.45, 7) is 2.08. The van der Waals surface area contributed by atoms with E-state index in [1.807, 2.05) is 36.0 Å². The molecule has 3 aromatic rings. The second-order valence-corrected chi connectivity index (χ2v) is 4.86. The van der Waals surface area contributed by atoms with Crippen LogP contribution in [0, 0.1) is 6.92 Å². The molecular formula is C16H17N3. The van der Waals surface area contributed by atoms with E-state index in [1.54, 1.807) is 0 Å². The zero-order chi connectivity index (χ0) is 13.4. The standard InChI is InChI=1S/C16H17N3/c1-11-7-3-4-8-12(11)15(17)16-13-9-5-6-10-14(13)19(2)18-16/h3-10,15H,17H2,1-2H3. The maximum Gasteiger partial charge on any atom is 0.0915 e. The smallest absolute Gasteiger partial charge is 0.0915 e. The lowest BCUT2D eigenvalue weighted by atomic mass is 9.98. The normalized spacial score (nSPS) is 12.8. The van der Waals surface area contributed by atoms with Crippen molar-refractivity contribution in [1.29, 1.82) is 0 Å². The van der Waals surface area contributed by atoms with E-state index in [0.29, 0.717) is 0 Å². The monoisotopic (exact) mass is 251 g/mol. The lowest BCUT2D eigenvalue weighted by Gasteiger charge is -2.12. The molecule has 1 heterocycles. The molecule has 1 aromatic heterocycles. The molecule has 3 nitrogen and oxygen atoms in total. The number of aromatic nitrogens is 2. The molecule has 0 amide bonds. The van der Waals surface area contributed by atoms with Crippen molar-refractivity contribution < 1.29 is 0 Å². The van der Waals surface area contributed by atoms with E-state index in [9.17, 15) is 0 Å². The highest BCUT2D eigenvalue weighted by Crippen LogP contribution is 2.27. The molecule has 0 aliphatic carbocycles. The van der Waals surface area contributed by atoms with Crippen molar-refractivity contribution in [1.82, 2.24) is 9.78 Å². The van der Waals surface area contributed by atoms with E-state index in [0.717, 1.165) is 22.2 Å². The van der Waals surface area contributed by atoms with Gasteiger partial charge in [-0.25, -0.2) is 0 Å². The summed E-state index contributed by atoms with van der Waals surface area (Å²) in [5.74, 6) is 0. The Bertz CT molecular complexity index is 728. The second kappa shape index (κ2) is 4.52. The molecule has 96 valence electrons. The van der Waals surface area contributed by atoms with Crippen molar-refractivity contribution in [2.24, 2.45) is 12.8 Å². The van der Waals surface area contributed by atoms with Gasteiger partial charge in [0.05, 0.1) is 17.3 Å². The van der Waals surface area contributed by atoms with Crippen LogP contribution in [0.5, 0.6) is 0 Å². The van der Waals surface area contributed by atoms with Crippen LogP contribution in [0.2, 0.25) is 0 Å². The number of hydrogen-bond donors (Lipinski definition) is 1. The van der Waals surface area contributed by atoms with E-state index in [4.69, 9.17) is 5.73 Å². The van der Waals surface area contributed by atoms with Gasteiger partial charge >= 0.3 is 0 Å². The van der Waals surface area contributed by atoms with Crippen LogP contribution in [-0.2, 0) is 7.05 Å². The number of hydrogen-bond acceptors (Lipinski definition) is 2. The molecule has 0 spiro atoms. The van der Waals surface area contributed by atoms with Crippen LogP contribution >= 0.6 is 0 Å². The number of aryl methyl sites for hydroxylation is 2. The van der Waals surface area contributed by atoms with Gasteiger partial charge in [0.2, 0.25) is 0 Å². The number of nitrogens with zero attached hydrogens (tertiary/aromatic N) is 2. The topological polar surface area (TPSA) is 43.8 Å². The lowest BCUT2D eigenvalue weighted by molar-refractivity contribution is 0.730. The number of nitrogens with two attached hydrogens (primary N) is 1. The Morgan fingerprint density at radius 3 is 2.53 bits per heavy atom. The van der Waals surface area contributed by atoms with E-state index < -0.39 is 0 Å². The van der Waals surface area contributed by atoms with Crippen LogP contribution in [0.15, 0.2) is 48.5 Å². The first-order chi connectivity index (χ1) is 9.18. The first kappa shape index (κ1) is 11.9. The largest absolute Gasteiger partial charge is 0.319 e. The zero-order valence-corrected chi connectivity index (χ0v) is 11.2. The first-order valence-electron chi connectivity index (χ1n) is 6.41. The summed E-state index contributed by atoms with van der Waals surface area (Å²) >= 11 is 0. The van der Waals surface area contributed by atoms with Gasteiger partial charge in [-0.1, -0.05) is 42.5 Å². The van der Waals surface area contributed by atoms with E-state index in [1.165, 1.54) is 5.56 Å². The highest BCUT2D eigenvalue weighted by molar-refractivity contribution is 5.82. The number of benzene rings is 2. The maximum atomic E-state index is 6.42. The number of rotatable bonds is 2. The predicted molar refractivity (Wildman–Crippen MR) is 77.9 cm³/mol. The van der Waals surface area contributed by atoms with Gasteiger partial charge in [-0.05, 0) is 24.1 Å². The predicted octanol–water partition coefficient (Wildman–Crippen LogP) is 2.93. The Kier molecular flexibility index (Phi) is 2.84. The van der Waals surface area contributed by atoms with Crippen LogP contribution in [-0.4, -0.2) is 9.78 Å². The Balaban J connectivity index is 2.17. The third-order valence-corrected chi connectivity index (χ3v) is 3.60. The Labute approximate surface area is 112 Å². The minimum absolute atomic E-state index is 0.188. The summed E-state index contributed by atoms with van der Waals surface area (Å²) < 4.78 is 1.89. The van der Waals surface area contributed by atoms with E-state index >= 15 is 0 Å². The van der Waals surface area contributed by atoms with Gasteiger partial charge in [-0.15, -0.1) is 0 Å². The second-order valence-electron chi connectivity index (χ2n) is 4.86. The van der Waals surface area contributed by atoms with Crippen LogP contribution in [0.1, 0.15) is 22.9 Å². The third kappa shape index (κ3) is 1.92. The summed E-state index contributed by atoms with van der Waals surface area (Å²) in [5.41, 5.74) is 10.8. The number of fused-ring (bicyclic) bond motifs is 1. The minimum atomic E-state index is -0.188. The summed E-state index contributed by atoms with van der Waals surface area (Å²) in [4.78, 5) is 0. The van der Waals surface area contributed by atoms with Crippen molar-refractivity contribution in [2.75, 3.05) is 0 Å². The molecule has 1 atom stereocenters. The molecule has 3 rings (SSSR count). The molecule has 0 saturated heterocycles. The lowest BCUT2D eigenvalue weighted by Crippen LogP contribution is -2.14. The molecule has 0 radical (unpaired) electrons. The SMILES string of the molecule is Cc1ccccc1C(N)c1nn(C)c2ccccc12. The molecule has 2 aromatic carbocycles. The maximum absolute atomic E-state index is 6.42. The molecule has 19 heavy (non-hydrogen) atoms. The van der Waals surface area contributed by atoms with Crippen LogP contribution in [0.3, 0.4) is 0 Å². The van der Waals surface area contributed by atoms with Crippen molar-refractivity contribution in [3.05, 3.63) is 65.4 Å². The summed E-state index contributed by atoms with van der Waals surface area (Å²) in [6, 6.07) is 16.2. The van der Waals surface area contributed by atoms with E-state index in [-0.39, 0.29) is 6.04 Å². The molecule has 0 saturated carbocycles. The highest BCUT2D eigenvalue weighted by Gasteiger charge is 2.17. The quantitative estimate of drug-likeness (QED) is 0.761. The fourth-order valence-electron chi connectivity index (χ4n) is 2.55. The van der Waals surface area contributed by atoms with Crippen molar-refractivity contribution in [3.8, 4) is 0 Å². The molecular weight excluding hydrogens is 234 g/mol. The summed E-state index contributed by atoms with van der Waals surface area (Å²) in [5, 5.41) is 5.72.